The van der Waals surface area contributed by atoms with Crippen LogP contribution in [-0.2, 0) is 25.4 Å². The molecule has 316 valence electrons. The summed E-state index contributed by atoms with van der Waals surface area (Å²) in [6, 6.07) is 20.6. The number of nitrogens with zero attached hydrogens (tertiary/aromatic N) is 4. The van der Waals surface area contributed by atoms with E-state index < -0.39 is 60.5 Å². The fraction of sp³-hybridized carbons (Fsp3) is 0.209. The zero-order valence-electron chi connectivity index (χ0n) is 32.3. The first-order chi connectivity index (χ1) is 28.3. The van der Waals surface area contributed by atoms with Crippen molar-refractivity contribution in [2.75, 3.05) is 0 Å². The molecule has 0 fully saturated rings. The standard InChI is InChI=1S/C43H27F13N4Si.Zn/c1-61(2,3)21-20-26-22-34-36(25-12-8-5-9-13-25)30-17-19-32(59-30)37(38(44,45)39(46,47)40(48,49)41(50,51)42(52,53)43(54,55)56)31-18-16-29(58-31)35(24-10-6-4-7-11-24)28-15-14-27(57-28)23-33(26)60-34;/h4-19,22-23H,1-3H3;/q-2;+2. The van der Waals surface area contributed by atoms with E-state index in [0.717, 1.165) is 12.1 Å². The summed E-state index contributed by atoms with van der Waals surface area (Å²) < 4.78 is 191. The van der Waals surface area contributed by atoms with E-state index in [1.165, 1.54) is 18.2 Å². The zero-order chi connectivity index (χ0) is 44.6. The number of benzene rings is 2. The molecule has 0 aliphatic carbocycles. The van der Waals surface area contributed by atoms with Gasteiger partial charge in [-0.2, -0.15) is 57.1 Å². The van der Waals surface area contributed by atoms with Gasteiger partial charge in [-0.15, -0.1) is 27.6 Å². The molecule has 7 rings (SSSR count). The summed E-state index contributed by atoms with van der Waals surface area (Å²) in [4.78, 5) is 17.5. The summed E-state index contributed by atoms with van der Waals surface area (Å²) in [7, 11) is -2.04. The molecule has 0 N–H and O–H groups in total. The third kappa shape index (κ3) is 7.69. The van der Waals surface area contributed by atoms with Crippen molar-refractivity contribution in [2.45, 2.75) is 55.4 Å². The Balaban J connectivity index is 0.00000641. The number of aromatic nitrogens is 4. The summed E-state index contributed by atoms with van der Waals surface area (Å²) in [5.74, 6) is -35.3. The van der Waals surface area contributed by atoms with Crippen molar-refractivity contribution in [3.8, 4) is 33.7 Å². The Morgan fingerprint density at radius 1 is 0.532 bits per heavy atom. The van der Waals surface area contributed by atoms with Gasteiger partial charge < -0.3 is 9.97 Å². The third-order valence-corrected chi connectivity index (χ3v) is 10.4. The van der Waals surface area contributed by atoms with Gasteiger partial charge in [-0.3, -0.25) is 0 Å². The second-order valence-corrected chi connectivity index (χ2v) is 19.7. The van der Waals surface area contributed by atoms with Crippen molar-refractivity contribution in [3.05, 3.63) is 119 Å². The Labute approximate surface area is 357 Å². The molecule has 0 atom stereocenters. The number of alkyl halides is 13. The fourth-order valence-electron chi connectivity index (χ4n) is 6.49. The largest absolute Gasteiger partial charge is 2.00 e. The van der Waals surface area contributed by atoms with Crippen LogP contribution < -0.4 is 9.97 Å². The number of allylic oxidation sites excluding steroid dienone is 1. The van der Waals surface area contributed by atoms with Crippen LogP contribution in [0.25, 0.3) is 68.1 Å². The normalized spacial score (nSPS) is 13.9. The molecule has 0 saturated carbocycles. The Morgan fingerprint density at radius 2 is 1.00 bits per heavy atom. The second kappa shape index (κ2) is 15.7. The quantitative estimate of drug-likeness (QED) is 0.0909. The molecular weight excluding hydrogens is 913 g/mol. The second-order valence-electron chi connectivity index (χ2n) is 15.0. The Hall–Kier alpha value is -5.47. The number of hydrogen-bond acceptors (Lipinski definition) is 2. The van der Waals surface area contributed by atoms with Gasteiger partial charge in [0.05, 0.1) is 28.3 Å². The van der Waals surface area contributed by atoms with Crippen LogP contribution in [0.5, 0.6) is 0 Å². The van der Waals surface area contributed by atoms with Crippen LogP contribution in [0.2, 0.25) is 19.6 Å². The summed E-state index contributed by atoms with van der Waals surface area (Å²) >= 11 is 0. The summed E-state index contributed by atoms with van der Waals surface area (Å²) in [6.07, 6.45) is -2.96. The average Bonchev–Trinajstić information content (AvgIpc) is 4.01. The molecule has 0 spiro atoms. The smallest absolute Gasteiger partial charge is 0.657 e. The number of rotatable bonds is 7. The van der Waals surface area contributed by atoms with Crippen LogP contribution >= 0.6 is 0 Å². The first kappa shape index (κ1) is 46.0. The molecule has 0 saturated heterocycles. The molecule has 2 aliphatic rings. The van der Waals surface area contributed by atoms with Gasteiger partial charge in [0.15, 0.2) is 0 Å². The molecule has 5 aromatic rings. The summed E-state index contributed by atoms with van der Waals surface area (Å²) in [5, 5.41) is 0. The molecule has 4 nitrogen and oxygen atoms in total. The molecule has 3 aromatic heterocycles. The first-order valence-corrected chi connectivity index (χ1v) is 21.5. The van der Waals surface area contributed by atoms with E-state index in [0.29, 0.717) is 40.2 Å². The minimum absolute atomic E-state index is 0. The van der Waals surface area contributed by atoms with Gasteiger partial charge in [-0.25, -0.2) is 9.97 Å². The van der Waals surface area contributed by atoms with Gasteiger partial charge in [0.1, 0.15) is 8.07 Å². The molecule has 2 aliphatic heterocycles. The van der Waals surface area contributed by atoms with Crippen LogP contribution in [0.4, 0.5) is 57.1 Å². The van der Waals surface area contributed by atoms with E-state index in [9.17, 15) is 30.7 Å². The first-order valence-electron chi connectivity index (χ1n) is 18.0. The summed E-state index contributed by atoms with van der Waals surface area (Å²) in [5.41, 5.74) is -0.263. The van der Waals surface area contributed by atoms with E-state index in [4.69, 9.17) is 4.98 Å². The third-order valence-electron chi connectivity index (χ3n) is 9.51. The van der Waals surface area contributed by atoms with E-state index in [1.807, 2.05) is 19.6 Å². The maximum Gasteiger partial charge on any atom is 2.00 e. The number of hydrogen-bond donors (Lipinski definition) is 0. The van der Waals surface area contributed by atoms with E-state index >= 15 is 26.3 Å². The van der Waals surface area contributed by atoms with Crippen molar-refractivity contribution < 1.29 is 76.6 Å². The predicted octanol–water partition coefficient (Wildman–Crippen LogP) is 12.7. The molecule has 0 amide bonds. The fourth-order valence-corrected chi connectivity index (χ4v) is 7.00. The Kier molecular flexibility index (Phi) is 11.7. The van der Waals surface area contributed by atoms with Crippen LogP contribution in [0, 0.1) is 11.5 Å². The van der Waals surface area contributed by atoms with Crippen LogP contribution in [0.15, 0.2) is 91.0 Å². The van der Waals surface area contributed by atoms with Crippen molar-refractivity contribution >= 4 is 53.9 Å². The van der Waals surface area contributed by atoms with E-state index in [-0.39, 0.29) is 53.0 Å². The van der Waals surface area contributed by atoms with Gasteiger partial charge in [-0.1, -0.05) is 110 Å². The minimum atomic E-state index is -8.11. The molecule has 5 heterocycles. The van der Waals surface area contributed by atoms with Crippen LogP contribution in [0.1, 0.15) is 28.3 Å². The molecule has 19 heteroatoms. The van der Waals surface area contributed by atoms with Crippen molar-refractivity contribution in [3.63, 3.8) is 0 Å². The summed E-state index contributed by atoms with van der Waals surface area (Å²) in [6.45, 7) is 5.96. The minimum Gasteiger partial charge on any atom is -0.657 e. The molecule has 62 heavy (non-hydrogen) atoms. The van der Waals surface area contributed by atoms with Gasteiger partial charge >= 0.3 is 55.3 Å². The monoisotopic (exact) mass is 938 g/mol. The van der Waals surface area contributed by atoms with Crippen LogP contribution in [-0.4, -0.2) is 47.9 Å². The SMILES string of the molecule is C[Si](C)(C)C#CC1=Cc2nc1cc1nc(c(-c3ccccc3)c3ccc([n-]3)c(C(F)(F)C(F)(F)C(F)(F)C(F)(F)C(F)(F)C(F)(F)F)c3ccc([n-]3)c2-c2ccccc2)C=C1.[Zn+2]. The van der Waals surface area contributed by atoms with Gasteiger partial charge in [-0.05, 0) is 52.1 Å². The maximum absolute atomic E-state index is 16.6. The predicted molar refractivity (Wildman–Crippen MR) is 207 cm³/mol. The van der Waals surface area contributed by atoms with Gasteiger partial charge in [0, 0.05) is 0 Å². The van der Waals surface area contributed by atoms with Crippen molar-refractivity contribution in [2.24, 2.45) is 0 Å². The van der Waals surface area contributed by atoms with Crippen molar-refractivity contribution in [1.82, 2.24) is 19.9 Å². The molecule has 8 bridgehead atoms. The maximum atomic E-state index is 16.6. The Morgan fingerprint density at radius 3 is 1.48 bits per heavy atom. The van der Waals surface area contributed by atoms with E-state index in [2.05, 4.69) is 26.4 Å². The van der Waals surface area contributed by atoms with Crippen molar-refractivity contribution in [1.29, 1.82) is 0 Å². The van der Waals surface area contributed by atoms with Gasteiger partial charge in [0.25, 0.3) is 0 Å². The molecule has 2 aromatic carbocycles. The topological polar surface area (TPSA) is 54.0 Å². The Bertz CT molecular complexity index is 2830. The molecular formula is C43H27F13N4SiZn. The average molecular weight is 940 g/mol. The number of fused-ring (bicyclic) bond motifs is 8. The van der Waals surface area contributed by atoms with E-state index in [1.54, 1.807) is 66.7 Å². The molecule has 0 unspecified atom stereocenters. The molecule has 0 radical (unpaired) electrons. The number of halogens is 13. The van der Waals surface area contributed by atoms with Crippen LogP contribution in [0.3, 0.4) is 0 Å². The van der Waals surface area contributed by atoms with Gasteiger partial charge in [0.2, 0.25) is 0 Å². The zero-order valence-corrected chi connectivity index (χ0v) is 36.3.